The van der Waals surface area contributed by atoms with E-state index in [2.05, 4.69) is 32.9 Å². The normalized spacial score (nSPS) is 10.7. The Labute approximate surface area is 130 Å². The summed E-state index contributed by atoms with van der Waals surface area (Å²) >= 11 is 3.00. The third-order valence-electron chi connectivity index (χ3n) is 2.91. The van der Waals surface area contributed by atoms with Crippen molar-refractivity contribution in [3.8, 4) is 10.4 Å². The van der Waals surface area contributed by atoms with Gasteiger partial charge in [-0.2, -0.15) is 0 Å². The number of benzene rings is 1. The van der Waals surface area contributed by atoms with Gasteiger partial charge in [-0.05, 0) is 11.6 Å². The number of aromatic nitrogens is 2. The van der Waals surface area contributed by atoms with E-state index in [9.17, 15) is 4.79 Å². The molecule has 0 amide bonds. The maximum atomic E-state index is 11.3. The van der Waals surface area contributed by atoms with Gasteiger partial charge >= 0.3 is 5.97 Å². The van der Waals surface area contributed by atoms with E-state index in [0.29, 0.717) is 0 Å². The smallest absolute Gasteiger partial charge is 0.316 e. The minimum absolute atomic E-state index is 0.249. The number of thiophene rings is 1. The van der Waals surface area contributed by atoms with Crippen LogP contribution in [0.1, 0.15) is 0 Å². The van der Waals surface area contributed by atoms with Crippen LogP contribution in [0.4, 0.5) is 0 Å². The highest BCUT2D eigenvalue weighted by Crippen LogP contribution is 2.35. The van der Waals surface area contributed by atoms with Crippen LogP contribution in [-0.4, -0.2) is 28.8 Å². The van der Waals surface area contributed by atoms with Gasteiger partial charge in [0.25, 0.3) is 0 Å². The zero-order valence-corrected chi connectivity index (χ0v) is 12.9. The second-order valence-corrected chi connectivity index (χ2v) is 6.23. The molecule has 3 aromatic rings. The number of carbonyl (C=O) groups excluding carboxylic acids is 1. The average molecular weight is 316 g/mol. The van der Waals surface area contributed by atoms with Crippen LogP contribution in [0.2, 0.25) is 0 Å². The average Bonchev–Trinajstić information content (AvgIpc) is 2.98. The van der Waals surface area contributed by atoms with Crippen molar-refractivity contribution in [3.05, 3.63) is 42.7 Å². The minimum atomic E-state index is -0.259. The van der Waals surface area contributed by atoms with E-state index in [0.717, 1.165) is 25.7 Å². The Morgan fingerprint density at radius 3 is 2.86 bits per heavy atom. The molecular formula is C15H12N2O2S2. The number of hydrogen-bond acceptors (Lipinski definition) is 6. The van der Waals surface area contributed by atoms with Crippen LogP contribution >= 0.6 is 23.1 Å². The lowest BCUT2D eigenvalue weighted by Gasteiger charge is -2.00. The zero-order valence-electron chi connectivity index (χ0n) is 11.3. The third-order valence-corrected chi connectivity index (χ3v) is 4.98. The van der Waals surface area contributed by atoms with Gasteiger partial charge in [0, 0.05) is 10.3 Å². The van der Waals surface area contributed by atoms with Gasteiger partial charge in [0.1, 0.15) is 16.2 Å². The number of fused-ring (bicyclic) bond motifs is 1. The number of nitrogens with zero attached hydrogens (tertiary/aromatic N) is 2. The summed E-state index contributed by atoms with van der Waals surface area (Å²) in [6.07, 6.45) is 1.53. The maximum Gasteiger partial charge on any atom is 0.316 e. The summed E-state index contributed by atoms with van der Waals surface area (Å²) in [6, 6.07) is 12.2. The summed E-state index contributed by atoms with van der Waals surface area (Å²) in [6.45, 7) is 0. The Bertz CT molecular complexity index is 772. The molecule has 0 spiro atoms. The van der Waals surface area contributed by atoms with Crippen LogP contribution in [0.3, 0.4) is 0 Å². The molecular weight excluding hydrogens is 304 g/mol. The van der Waals surface area contributed by atoms with Crippen LogP contribution in [-0.2, 0) is 9.53 Å². The number of methoxy groups -OCH3 is 1. The van der Waals surface area contributed by atoms with Crippen molar-refractivity contribution < 1.29 is 9.53 Å². The van der Waals surface area contributed by atoms with Gasteiger partial charge in [-0.25, -0.2) is 9.97 Å². The van der Waals surface area contributed by atoms with Gasteiger partial charge in [-0.1, -0.05) is 42.1 Å². The van der Waals surface area contributed by atoms with E-state index in [1.54, 1.807) is 11.3 Å². The summed E-state index contributed by atoms with van der Waals surface area (Å²) in [4.78, 5) is 21.9. The molecule has 2 aromatic heterocycles. The highest BCUT2D eigenvalue weighted by atomic mass is 32.2. The number of ether oxygens (including phenoxy) is 1. The summed E-state index contributed by atoms with van der Waals surface area (Å²) in [5.41, 5.74) is 1.16. The second kappa shape index (κ2) is 6.24. The standard InChI is InChI=1S/C15H12N2O2S2/c1-19-13(18)8-20-14-11-7-12(10-5-3-2-4-6-10)21-15(11)17-9-16-14/h2-7,9H,8H2,1H3. The first-order chi connectivity index (χ1) is 10.3. The van der Waals surface area contributed by atoms with Crippen molar-refractivity contribution in [2.75, 3.05) is 12.9 Å². The fourth-order valence-electron chi connectivity index (χ4n) is 1.88. The monoisotopic (exact) mass is 316 g/mol. The lowest BCUT2D eigenvalue weighted by Crippen LogP contribution is -2.03. The molecule has 0 aliphatic carbocycles. The summed E-state index contributed by atoms with van der Waals surface area (Å²) < 4.78 is 4.66. The predicted molar refractivity (Wildman–Crippen MR) is 85.6 cm³/mol. The number of rotatable bonds is 4. The molecule has 3 rings (SSSR count). The largest absolute Gasteiger partial charge is 0.468 e. The van der Waals surface area contributed by atoms with E-state index >= 15 is 0 Å². The Morgan fingerprint density at radius 2 is 2.10 bits per heavy atom. The van der Waals surface area contributed by atoms with Crippen LogP contribution in [0.5, 0.6) is 0 Å². The van der Waals surface area contributed by atoms with Crippen molar-refractivity contribution in [2.45, 2.75) is 5.03 Å². The molecule has 0 aliphatic rings. The lowest BCUT2D eigenvalue weighted by atomic mass is 10.2. The minimum Gasteiger partial charge on any atom is -0.468 e. The lowest BCUT2D eigenvalue weighted by molar-refractivity contribution is -0.137. The van der Waals surface area contributed by atoms with Gasteiger partial charge in [0.15, 0.2) is 0 Å². The number of carbonyl (C=O) groups is 1. The first-order valence-electron chi connectivity index (χ1n) is 6.27. The van der Waals surface area contributed by atoms with Crippen LogP contribution in [0, 0.1) is 0 Å². The van der Waals surface area contributed by atoms with Crippen molar-refractivity contribution in [3.63, 3.8) is 0 Å². The molecule has 0 unspecified atom stereocenters. The van der Waals surface area contributed by atoms with Gasteiger partial charge < -0.3 is 4.74 Å². The molecule has 2 heterocycles. The van der Waals surface area contributed by atoms with E-state index in [-0.39, 0.29) is 11.7 Å². The van der Waals surface area contributed by atoms with Gasteiger partial charge in [0.05, 0.1) is 12.9 Å². The van der Waals surface area contributed by atoms with Gasteiger partial charge in [-0.15, -0.1) is 11.3 Å². The number of esters is 1. The van der Waals surface area contributed by atoms with E-state index in [1.165, 1.54) is 25.2 Å². The molecule has 0 aliphatic heterocycles. The van der Waals surface area contributed by atoms with Crippen molar-refractivity contribution >= 4 is 39.3 Å². The molecule has 6 heteroatoms. The molecule has 21 heavy (non-hydrogen) atoms. The molecule has 0 saturated carbocycles. The topological polar surface area (TPSA) is 52.1 Å². The molecule has 1 aromatic carbocycles. The quantitative estimate of drug-likeness (QED) is 0.418. The van der Waals surface area contributed by atoms with Gasteiger partial charge in [0.2, 0.25) is 0 Å². The predicted octanol–water partition coefficient (Wildman–Crippen LogP) is 3.62. The summed E-state index contributed by atoms with van der Waals surface area (Å²) in [7, 11) is 1.39. The fourth-order valence-corrected chi connectivity index (χ4v) is 3.75. The van der Waals surface area contributed by atoms with E-state index < -0.39 is 0 Å². The Balaban J connectivity index is 1.96. The van der Waals surface area contributed by atoms with Crippen LogP contribution in [0.15, 0.2) is 47.8 Å². The summed E-state index contributed by atoms with van der Waals surface area (Å²) in [5.74, 6) is -0.00987. The fraction of sp³-hybridized carbons (Fsp3) is 0.133. The van der Waals surface area contributed by atoms with E-state index in [1.807, 2.05) is 18.2 Å². The molecule has 0 fully saturated rings. The molecule has 0 radical (unpaired) electrons. The van der Waals surface area contributed by atoms with Crippen LogP contribution in [0.25, 0.3) is 20.7 Å². The Hall–Kier alpha value is -1.92. The first kappa shape index (κ1) is 14.0. The number of hydrogen-bond donors (Lipinski definition) is 0. The molecule has 0 bridgehead atoms. The highest BCUT2D eigenvalue weighted by Gasteiger charge is 2.12. The second-order valence-electron chi connectivity index (χ2n) is 4.24. The Morgan fingerprint density at radius 1 is 1.29 bits per heavy atom. The molecule has 106 valence electrons. The molecule has 0 saturated heterocycles. The number of thioether (sulfide) groups is 1. The molecule has 0 atom stereocenters. The summed E-state index contributed by atoms with van der Waals surface area (Å²) in [5, 5.41) is 1.79. The Kier molecular flexibility index (Phi) is 4.17. The maximum absolute atomic E-state index is 11.3. The van der Waals surface area contributed by atoms with E-state index in [4.69, 9.17) is 0 Å². The van der Waals surface area contributed by atoms with Gasteiger partial charge in [-0.3, -0.25) is 4.79 Å². The molecule has 0 N–H and O–H groups in total. The highest BCUT2D eigenvalue weighted by molar-refractivity contribution is 8.00. The molecule has 4 nitrogen and oxygen atoms in total. The van der Waals surface area contributed by atoms with Crippen molar-refractivity contribution in [2.24, 2.45) is 0 Å². The third kappa shape index (κ3) is 3.06. The first-order valence-corrected chi connectivity index (χ1v) is 8.07. The zero-order chi connectivity index (χ0) is 14.7. The van der Waals surface area contributed by atoms with Crippen LogP contribution < -0.4 is 0 Å². The van der Waals surface area contributed by atoms with Crippen molar-refractivity contribution in [1.82, 2.24) is 9.97 Å². The SMILES string of the molecule is COC(=O)CSc1ncnc2sc(-c3ccccc3)cc12. The van der Waals surface area contributed by atoms with Crippen molar-refractivity contribution in [1.29, 1.82) is 0 Å².